The molecule has 0 amide bonds. The number of aromatic nitrogens is 1. The van der Waals surface area contributed by atoms with Crippen LogP contribution in [0.2, 0.25) is 0 Å². The number of halogens is 5. The highest BCUT2D eigenvalue weighted by Gasteiger charge is 2.32. The van der Waals surface area contributed by atoms with Gasteiger partial charge in [-0.15, -0.1) is 0 Å². The van der Waals surface area contributed by atoms with Gasteiger partial charge in [-0.1, -0.05) is 0 Å². The van der Waals surface area contributed by atoms with Gasteiger partial charge in [-0.05, 0) is 15.9 Å². The molecular weight excluding hydrogens is 242 g/mol. The van der Waals surface area contributed by atoms with Crippen molar-refractivity contribution in [2.75, 3.05) is 0 Å². The van der Waals surface area contributed by atoms with Gasteiger partial charge in [-0.25, -0.2) is 4.39 Å². The summed E-state index contributed by atoms with van der Waals surface area (Å²) in [5, 5.41) is 0. The fraction of sp³-hybridized carbons (Fsp3) is 0.167. The summed E-state index contributed by atoms with van der Waals surface area (Å²) in [6.07, 6.45) is -3.82. The Hall–Kier alpha value is -0.650. The minimum atomic E-state index is -4.60. The zero-order valence-corrected chi connectivity index (χ0v) is 7.08. The Bertz CT molecular complexity index is 296. The molecule has 1 aromatic rings. The molecule has 1 aromatic heterocycles. The maximum Gasteiger partial charge on any atom is 0.433 e. The summed E-state index contributed by atoms with van der Waals surface area (Å²) in [5.41, 5.74) is -1.23. The van der Waals surface area contributed by atoms with Crippen molar-refractivity contribution < 1.29 is 17.6 Å². The zero-order valence-electron chi connectivity index (χ0n) is 5.49. The van der Waals surface area contributed by atoms with Gasteiger partial charge >= 0.3 is 6.18 Å². The highest BCUT2D eigenvalue weighted by atomic mass is 79.9. The molecule has 0 aliphatic heterocycles. The van der Waals surface area contributed by atoms with Crippen molar-refractivity contribution in [3.63, 3.8) is 0 Å². The Morgan fingerprint density at radius 1 is 1.33 bits per heavy atom. The molecule has 0 bridgehead atoms. The Kier molecular flexibility index (Phi) is 2.36. The highest BCUT2D eigenvalue weighted by Crippen LogP contribution is 2.29. The summed E-state index contributed by atoms with van der Waals surface area (Å²) < 4.78 is 48.0. The Balaban J connectivity index is 3.14. The largest absolute Gasteiger partial charge is 0.433 e. The molecular formula is C6H2BrF4N. The Labute approximate surface area is 73.5 Å². The molecule has 1 nitrogen and oxygen atoms in total. The lowest BCUT2D eigenvalue weighted by Crippen LogP contribution is -2.08. The maximum atomic E-state index is 12.5. The standard InChI is InChI=1S/C6H2BrF4N/c7-3-2-12-5(1-4(3)8)6(9,10)11/h1-2H. The van der Waals surface area contributed by atoms with Crippen molar-refractivity contribution in [1.82, 2.24) is 4.98 Å². The maximum absolute atomic E-state index is 12.5. The van der Waals surface area contributed by atoms with E-state index in [2.05, 4.69) is 20.9 Å². The normalized spacial score (nSPS) is 11.8. The third-order valence-corrected chi connectivity index (χ3v) is 1.68. The van der Waals surface area contributed by atoms with E-state index in [1.54, 1.807) is 0 Å². The summed E-state index contributed by atoms with van der Waals surface area (Å²) >= 11 is 2.69. The lowest BCUT2D eigenvalue weighted by molar-refractivity contribution is -0.141. The fourth-order valence-electron chi connectivity index (χ4n) is 0.569. The van der Waals surface area contributed by atoms with Crippen molar-refractivity contribution in [3.8, 4) is 0 Å². The van der Waals surface area contributed by atoms with E-state index in [9.17, 15) is 17.6 Å². The van der Waals surface area contributed by atoms with Gasteiger partial charge in [0.2, 0.25) is 0 Å². The average Bonchev–Trinajstić information content (AvgIpc) is 1.92. The molecule has 0 atom stereocenters. The van der Waals surface area contributed by atoms with Gasteiger partial charge < -0.3 is 0 Å². The van der Waals surface area contributed by atoms with E-state index in [-0.39, 0.29) is 4.47 Å². The molecule has 12 heavy (non-hydrogen) atoms. The van der Waals surface area contributed by atoms with E-state index < -0.39 is 17.7 Å². The van der Waals surface area contributed by atoms with Gasteiger partial charge in [0, 0.05) is 12.3 Å². The highest BCUT2D eigenvalue weighted by molar-refractivity contribution is 9.10. The SMILES string of the molecule is Fc1cc(C(F)(F)F)ncc1Br. The zero-order chi connectivity index (χ0) is 9.35. The molecule has 1 rings (SSSR count). The topological polar surface area (TPSA) is 12.9 Å². The Morgan fingerprint density at radius 2 is 1.92 bits per heavy atom. The van der Waals surface area contributed by atoms with Gasteiger partial charge in [0.05, 0.1) is 4.47 Å². The molecule has 0 aliphatic carbocycles. The third kappa shape index (κ3) is 1.94. The number of alkyl halides is 3. The molecule has 66 valence electrons. The van der Waals surface area contributed by atoms with E-state index in [4.69, 9.17) is 0 Å². The molecule has 0 unspecified atom stereocenters. The summed E-state index contributed by atoms with van der Waals surface area (Å²) in [7, 11) is 0. The van der Waals surface area contributed by atoms with Crippen LogP contribution in [0.5, 0.6) is 0 Å². The van der Waals surface area contributed by atoms with E-state index in [1.807, 2.05) is 0 Å². The molecule has 0 aliphatic rings. The van der Waals surface area contributed by atoms with Crippen molar-refractivity contribution in [2.24, 2.45) is 0 Å². The molecule has 0 aromatic carbocycles. The second-order valence-corrected chi connectivity index (χ2v) is 2.84. The van der Waals surface area contributed by atoms with Crippen molar-refractivity contribution in [1.29, 1.82) is 0 Å². The van der Waals surface area contributed by atoms with Crippen molar-refractivity contribution in [2.45, 2.75) is 6.18 Å². The smallest absolute Gasteiger partial charge is 0.250 e. The van der Waals surface area contributed by atoms with Crippen molar-refractivity contribution >= 4 is 15.9 Å². The van der Waals surface area contributed by atoms with E-state index in [0.29, 0.717) is 6.07 Å². The van der Waals surface area contributed by atoms with Gasteiger partial charge in [0.1, 0.15) is 11.5 Å². The second-order valence-electron chi connectivity index (χ2n) is 1.98. The first-order valence-electron chi connectivity index (χ1n) is 2.79. The van der Waals surface area contributed by atoms with Gasteiger partial charge in [0.15, 0.2) is 0 Å². The van der Waals surface area contributed by atoms with Crippen LogP contribution in [0, 0.1) is 5.82 Å². The van der Waals surface area contributed by atoms with Gasteiger partial charge in [-0.3, -0.25) is 4.98 Å². The molecule has 0 spiro atoms. The van der Waals surface area contributed by atoms with Crippen LogP contribution >= 0.6 is 15.9 Å². The lowest BCUT2D eigenvalue weighted by Gasteiger charge is -2.04. The first-order valence-corrected chi connectivity index (χ1v) is 3.59. The van der Waals surface area contributed by atoms with Gasteiger partial charge in [0.25, 0.3) is 0 Å². The molecule has 0 N–H and O–H groups in total. The number of hydrogen-bond donors (Lipinski definition) is 0. The number of pyridine rings is 1. The first-order chi connectivity index (χ1) is 5.41. The van der Waals surface area contributed by atoms with Crippen LogP contribution in [-0.2, 0) is 6.18 Å². The number of nitrogens with zero attached hydrogens (tertiary/aromatic N) is 1. The average molecular weight is 244 g/mol. The first kappa shape index (κ1) is 9.44. The summed E-state index contributed by atoms with van der Waals surface area (Å²) in [6.45, 7) is 0. The quantitative estimate of drug-likeness (QED) is 0.639. The number of rotatable bonds is 0. The monoisotopic (exact) mass is 243 g/mol. The van der Waals surface area contributed by atoms with Gasteiger partial charge in [-0.2, -0.15) is 13.2 Å². The molecule has 0 saturated carbocycles. The fourth-order valence-corrected chi connectivity index (χ4v) is 0.786. The third-order valence-electron chi connectivity index (χ3n) is 1.10. The van der Waals surface area contributed by atoms with E-state index >= 15 is 0 Å². The molecule has 1 heterocycles. The van der Waals surface area contributed by atoms with Crippen LogP contribution in [0.1, 0.15) is 5.69 Å². The van der Waals surface area contributed by atoms with E-state index in [1.165, 1.54) is 0 Å². The predicted molar refractivity (Wildman–Crippen MR) is 36.9 cm³/mol. The summed E-state index contributed by atoms with van der Waals surface area (Å²) in [5.74, 6) is -0.975. The van der Waals surface area contributed by atoms with E-state index in [0.717, 1.165) is 6.20 Å². The second kappa shape index (κ2) is 3.01. The van der Waals surface area contributed by atoms with Crippen LogP contribution in [0.4, 0.5) is 17.6 Å². The van der Waals surface area contributed by atoms with Crippen molar-refractivity contribution in [3.05, 3.63) is 28.2 Å². The van der Waals surface area contributed by atoms with Crippen LogP contribution in [0.15, 0.2) is 16.7 Å². The lowest BCUT2D eigenvalue weighted by atomic mass is 10.3. The van der Waals surface area contributed by atoms with Crippen LogP contribution in [0.3, 0.4) is 0 Å². The minimum absolute atomic E-state index is 0.0875. The summed E-state index contributed by atoms with van der Waals surface area (Å²) in [4.78, 5) is 3.00. The number of hydrogen-bond acceptors (Lipinski definition) is 1. The van der Waals surface area contributed by atoms with Crippen LogP contribution in [-0.4, -0.2) is 4.98 Å². The molecule has 0 fully saturated rings. The molecule has 0 saturated heterocycles. The molecule has 6 heteroatoms. The van der Waals surface area contributed by atoms with Crippen LogP contribution in [0.25, 0.3) is 0 Å². The Morgan fingerprint density at radius 3 is 2.33 bits per heavy atom. The predicted octanol–water partition coefficient (Wildman–Crippen LogP) is 3.00. The molecule has 0 radical (unpaired) electrons. The minimum Gasteiger partial charge on any atom is -0.250 e. The van der Waals surface area contributed by atoms with Crippen LogP contribution < -0.4 is 0 Å². The summed E-state index contributed by atoms with van der Waals surface area (Å²) in [6, 6.07) is 0.337.